The molecule has 1 amide bonds. The van der Waals surface area contributed by atoms with E-state index in [4.69, 9.17) is 0 Å². The van der Waals surface area contributed by atoms with E-state index in [0.29, 0.717) is 41.6 Å². The SMILES string of the molecule is CCCCn1c(=O)[nH]c(=O)c2c1nc(CCC(=O)Nc1nc3ccccc3s1)n2CC(C)C. The average molecular weight is 469 g/mol. The predicted molar refractivity (Wildman–Crippen MR) is 131 cm³/mol. The molecule has 0 saturated carbocycles. The minimum atomic E-state index is -0.449. The van der Waals surface area contributed by atoms with Crippen molar-refractivity contribution in [2.45, 2.75) is 59.5 Å². The van der Waals surface area contributed by atoms with Gasteiger partial charge in [-0.1, -0.05) is 50.7 Å². The van der Waals surface area contributed by atoms with Crippen molar-refractivity contribution in [1.29, 1.82) is 0 Å². The van der Waals surface area contributed by atoms with Crippen LogP contribution in [-0.2, 0) is 24.3 Å². The first-order valence-electron chi connectivity index (χ1n) is 11.2. The van der Waals surface area contributed by atoms with E-state index in [1.54, 1.807) is 0 Å². The lowest BCUT2D eigenvalue weighted by Crippen LogP contribution is -2.31. The van der Waals surface area contributed by atoms with Crippen molar-refractivity contribution in [2.24, 2.45) is 5.92 Å². The smallest absolute Gasteiger partial charge is 0.322 e. The molecule has 3 aromatic heterocycles. The van der Waals surface area contributed by atoms with Gasteiger partial charge in [0, 0.05) is 25.9 Å². The minimum absolute atomic E-state index is 0.172. The van der Waals surface area contributed by atoms with Gasteiger partial charge in [0.2, 0.25) is 5.91 Å². The normalized spacial score (nSPS) is 11.6. The van der Waals surface area contributed by atoms with Crippen molar-refractivity contribution < 1.29 is 4.79 Å². The van der Waals surface area contributed by atoms with Crippen LogP contribution in [0.3, 0.4) is 0 Å². The number of thiazole rings is 1. The number of imidazole rings is 1. The van der Waals surface area contributed by atoms with Crippen molar-refractivity contribution in [1.82, 2.24) is 24.1 Å². The molecule has 4 rings (SSSR count). The summed E-state index contributed by atoms with van der Waals surface area (Å²) in [6.45, 7) is 7.20. The topological polar surface area (TPSA) is 115 Å². The van der Waals surface area contributed by atoms with Crippen LogP contribution >= 0.6 is 11.3 Å². The fraction of sp³-hybridized carbons (Fsp3) is 0.435. The molecule has 1 aromatic carbocycles. The molecule has 0 aliphatic rings. The highest BCUT2D eigenvalue weighted by molar-refractivity contribution is 7.22. The van der Waals surface area contributed by atoms with Crippen LogP contribution in [-0.4, -0.2) is 30.0 Å². The summed E-state index contributed by atoms with van der Waals surface area (Å²) in [5, 5.41) is 3.42. The zero-order chi connectivity index (χ0) is 23.5. The molecule has 0 spiro atoms. The fourth-order valence-electron chi connectivity index (χ4n) is 3.83. The number of H-pyrrole nitrogens is 1. The van der Waals surface area contributed by atoms with Crippen LogP contribution < -0.4 is 16.6 Å². The summed E-state index contributed by atoms with van der Waals surface area (Å²) < 4.78 is 4.39. The number of para-hydroxylation sites is 1. The summed E-state index contributed by atoms with van der Waals surface area (Å²) in [6, 6.07) is 7.72. The van der Waals surface area contributed by atoms with Gasteiger partial charge < -0.3 is 9.88 Å². The number of aromatic nitrogens is 5. The van der Waals surface area contributed by atoms with Gasteiger partial charge in [-0.05, 0) is 24.5 Å². The Morgan fingerprint density at radius 3 is 2.70 bits per heavy atom. The molecular formula is C23H28N6O3S. The van der Waals surface area contributed by atoms with Crippen molar-refractivity contribution >= 4 is 43.8 Å². The molecule has 0 atom stereocenters. The molecule has 0 saturated heterocycles. The van der Waals surface area contributed by atoms with Crippen LogP contribution in [0, 0.1) is 5.92 Å². The van der Waals surface area contributed by atoms with Crippen molar-refractivity contribution in [2.75, 3.05) is 5.32 Å². The van der Waals surface area contributed by atoms with Gasteiger partial charge in [0.15, 0.2) is 16.3 Å². The second-order valence-corrected chi connectivity index (χ2v) is 9.53. The molecule has 174 valence electrons. The van der Waals surface area contributed by atoms with Crippen LogP contribution in [0.4, 0.5) is 5.13 Å². The third kappa shape index (κ3) is 4.90. The highest BCUT2D eigenvalue weighted by Gasteiger charge is 2.20. The molecule has 10 heteroatoms. The summed E-state index contributed by atoms with van der Waals surface area (Å²) in [6.07, 6.45) is 2.25. The van der Waals surface area contributed by atoms with Crippen molar-refractivity contribution in [3.63, 3.8) is 0 Å². The number of carbonyl (C=O) groups is 1. The van der Waals surface area contributed by atoms with Gasteiger partial charge in [0.25, 0.3) is 5.56 Å². The highest BCUT2D eigenvalue weighted by Crippen LogP contribution is 2.25. The first kappa shape index (κ1) is 22.9. The van der Waals surface area contributed by atoms with E-state index in [-0.39, 0.29) is 18.2 Å². The number of nitrogens with one attached hydrogen (secondary N) is 2. The standard InChI is InChI=1S/C23H28N6O3S/c1-4-5-12-28-20-19(21(31)27-23(28)32)29(13-14(2)3)17(25-20)10-11-18(30)26-22-24-15-8-6-7-9-16(15)33-22/h6-9,14H,4-5,10-13H2,1-3H3,(H,24,26,30)(H,27,31,32). The van der Waals surface area contributed by atoms with Crippen LogP contribution in [0.2, 0.25) is 0 Å². The molecule has 0 aliphatic heterocycles. The lowest BCUT2D eigenvalue weighted by atomic mass is 10.2. The average Bonchev–Trinajstić information content (AvgIpc) is 3.32. The number of rotatable bonds is 9. The summed E-state index contributed by atoms with van der Waals surface area (Å²) in [4.78, 5) is 49.3. The third-order valence-corrected chi connectivity index (χ3v) is 6.32. The molecule has 4 aromatic rings. The molecule has 0 aliphatic carbocycles. The largest absolute Gasteiger partial charge is 0.330 e. The number of hydrogen-bond donors (Lipinski definition) is 2. The second-order valence-electron chi connectivity index (χ2n) is 8.50. The Bertz CT molecular complexity index is 1380. The van der Waals surface area contributed by atoms with Crippen LogP contribution in [0.5, 0.6) is 0 Å². The maximum Gasteiger partial charge on any atom is 0.330 e. The molecule has 9 nitrogen and oxygen atoms in total. The van der Waals surface area contributed by atoms with Crippen LogP contribution in [0.25, 0.3) is 21.4 Å². The predicted octanol–water partition coefficient (Wildman–Crippen LogP) is 3.52. The van der Waals surface area contributed by atoms with Gasteiger partial charge in [0.05, 0.1) is 10.2 Å². The quantitative estimate of drug-likeness (QED) is 0.390. The van der Waals surface area contributed by atoms with Crippen LogP contribution in [0.15, 0.2) is 33.9 Å². The molecule has 0 radical (unpaired) electrons. The van der Waals surface area contributed by atoms with Crippen molar-refractivity contribution in [3.8, 4) is 0 Å². The lowest BCUT2D eigenvalue weighted by molar-refractivity contribution is -0.116. The minimum Gasteiger partial charge on any atom is -0.322 e. The maximum atomic E-state index is 12.7. The zero-order valence-electron chi connectivity index (χ0n) is 19.1. The summed E-state index contributed by atoms with van der Waals surface area (Å²) in [5.41, 5.74) is 0.734. The van der Waals surface area contributed by atoms with Gasteiger partial charge in [-0.2, -0.15) is 0 Å². The summed E-state index contributed by atoms with van der Waals surface area (Å²) in [7, 11) is 0. The van der Waals surface area contributed by atoms with Gasteiger partial charge in [-0.25, -0.2) is 14.8 Å². The fourth-order valence-corrected chi connectivity index (χ4v) is 4.71. The monoisotopic (exact) mass is 468 g/mol. The Labute approximate surface area is 194 Å². The second kappa shape index (κ2) is 9.70. The first-order chi connectivity index (χ1) is 15.9. The molecule has 0 fully saturated rings. The van der Waals surface area contributed by atoms with Gasteiger partial charge in [0.1, 0.15) is 5.82 Å². The number of aromatic amines is 1. The molecule has 3 heterocycles. The van der Waals surface area contributed by atoms with Gasteiger partial charge >= 0.3 is 5.69 Å². The van der Waals surface area contributed by atoms with Crippen molar-refractivity contribution in [3.05, 3.63) is 50.9 Å². The Morgan fingerprint density at radius 1 is 1.18 bits per heavy atom. The molecule has 0 bridgehead atoms. The summed E-state index contributed by atoms with van der Waals surface area (Å²) >= 11 is 1.43. The highest BCUT2D eigenvalue weighted by atomic mass is 32.1. The number of aryl methyl sites for hydroxylation is 2. The van der Waals surface area contributed by atoms with E-state index in [1.807, 2.05) is 35.8 Å². The summed E-state index contributed by atoms with van der Waals surface area (Å²) in [5.74, 6) is 0.710. The Balaban J connectivity index is 1.61. The van der Waals surface area contributed by atoms with E-state index < -0.39 is 11.2 Å². The number of nitrogens with zero attached hydrogens (tertiary/aromatic N) is 4. The number of fused-ring (bicyclic) bond motifs is 2. The van der Waals surface area contributed by atoms with E-state index in [2.05, 4.69) is 34.1 Å². The molecule has 33 heavy (non-hydrogen) atoms. The van der Waals surface area contributed by atoms with E-state index in [1.165, 1.54) is 15.9 Å². The number of unbranched alkanes of at least 4 members (excludes halogenated alkanes) is 1. The molecule has 2 N–H and O–H groups in total. The van der Waals surface area contributed by atoms with Gasteiger partial charge in [-0.15, -0.1) is 0 Å². The van der Waals surface area contributed by atoms with E-state index in [9.17, 15) is 14.4 Å². The Morgan fingerprint density at radius 2 is 1.97 bits per heavy atom. The Kier molecular flexibility index (Phi) is 6.73. The number of amides is 1. The maximum absolute atomic E-state index is 12.7. The number of hydrogen-bond acceptors (Lipinski definition) is 6. The lowest BCUT2D eigenvalue weighted by Gasteiger charge is -2.11. The third-order valence-electron chi connectivity index (χ3n) is 5.36. The number of benzene rings is 1. The number of carbonyl (C=O) groups excluding carboxylic acids is 1. The van der Waals surface area contributed by atoms with Crippen LogP contribution in [0.1, 0.15) is 45.9 Å². The van der Waals surface area contributed by atoms with E-state index >= 15 is 0 Å². The number of anilines is 1. The molecular weight excluding hydrogens is 440 g/mol. The van der Waals surface area contributed by atoms with Gasteiger partial charge in [-0.3, -0.25) is 19.1 Å². The van der Waals surface area contributed by atoms with E-state index in [0.717, 1.165) is 23.1 Å². The first-order valence-corrected chi connectivity index (χ1v) is 12.1. The zero-order valence-corrected chi connectivity index (χ0v) is 19.9. The molecule has 0 unspecified atom stereocenters. The Hall–Kier alpha value is -3.27.